The molecule has 4 nitrogen and oxygen atoms in total. The van der Waals surface area contributed by atoms with Crippen LogP contribution >= 0.6 is 12.6 Å². The zero-order valence-electron chi connectivity index (χ0n) is 10.8. The summed E-state index contributed by atoms with van der Waals surface area (Å²) in [6.45, 7) is 1.80. The fourth-order valence-electron chi connectivity index (χ4n) is 2.82. The first-order valence-electron chi connectivity index (χ1n) is 6.93. The van der Waals surface area contributed by atoms with Crippen LogP contribution in [-0.2, 0) is 9.59 Å². The molecule has 0 spiro atoms. The van der Waals surface area contributed by atoms with Crippen molar-refractivity contribution in [2.24, 2.45) is 0 Å². The van der Waals surface area contributed by atoms with Crippen LogP contribution in [0.4, 0.5) is 0 Å². The van der Waals surface area contributed by atoms with Crippen molar-refractivity contribution in [1.82, 2.24) is 9.80 Å². The third kappa shape index (κ3) is 2.99. The number of rotatable bonds is 6. The Hall–Kier alpha value is -0.710. The molecule has 2 aliphatic rings. The predicted molar refractivity (Wildman–Crippen MR) is 73.6 cm³/mol. The van der Waals surface area contributed by atoms with Crippen LogP contribution in [0.2, 0.25) is 0 Å². The van der Waals surface area contributed by atoms with Gasteiger partial charge in [-0.15, -0.1) is 0 Å². The maximum atomic E-state index is 12.2. The van der Waals surface area contributed by atoms with Gasteiger partial charge in [0.2, 0.25) is 11.8 Å². The first-order chi connectivity index (χ1) is 8.74. The van der Waals surface area contributed by atoms with E-state index < -0.39 is 0 Å². The maximum Gasteiger partial charge on any atom is 0.245 e. The van der Waals surface area contributed by atoms with Gasteiger partial charge in [-0.3, -0.25) is 9.59 Å². The normalized spacial score (nSPS) is 23.7. The molecule has 0 saturated carbocycles. The summed E-state index contributed by atoms with van der Waals surface area (Å²) < 4.78 is 0. The van der Waals surface area contributed by atoms with Gasteiger partial charge in [-0.25, -0.2) is 0 Å². The minimum absolute atomic E-state index is 0.132. The van der Waals surface area contributed by atoms with Gasteiger partial charge >= 0.3 is 0 Å². The fourth-order valence-corrected chi connectivity index (χ4v) is 3.05. The molecule has 18 heavy (non-hydrogen) atoms. The van der Waals surface area contributed by atoms with E-state index in [1.165, 1.54) is 0 Å². The summed E-state index contributed by atoms with van der Waals surface area (Å²) in [5.41, 5.74) is 0. The summed E-state index contributed by atoms with van der Waals surface area (Å²) in [6.07, 6.45) is 6.23. The highest BCUT2D eigenvalue weighted by Gasteiger charge is 2.41. The number of thiol groups is 1. The minimum atomic E-state index is -0.149. The van der Waals surface area contributed by atoms with E-state index in [0.29, 0.717) is 6.54 Å². The van der Waals surface area contributed by atoms with E-state index in [2.05, 4.69) is 12.6 Å². The van der Waals surface area contributed by atoms with Gasteiger partial charge in [-0.2, -0.15) is 12.6 Å². The highest BCUT2D eigenvalue weighted by molar-refractivity contribution is 7.80. The van der Waals surface area contributed by atoms with E-state index in [4.69, 9.17) is 0 Å². The van der Waals surface area contributed by atoms with Crippen LogP contribution in [0.1, 0.15) is 38.5 Å². The van der Waals surface area contributed by atoms with Crippen LogP contribution in [0.3, 0.4) is 0 Å². The molecule has 0 radical (unpaired) electrons. The Morgan fingerprint density at radius 3 is 2.72 bits per heavy atom. The zero-order chi connectivity index (χ0) is 13.0. The molecule has 0 N–H and O–H groups in total. The number of unbranched alkanes of at least 4 members (excludes halogenated alkanes) is 3. The minimum Gasteiger partial charge on any atom is -0.332 e. The van der Waals surface area contributed by atoms with E-state index in [1.54, 1.807) is 9.80 Å². The lowest BCUT2D eigenvalue weighted by Gasteiger charge is -2.36. The molecule has 2 aliphatic heterocycles. The Morgan fingerprint density at radius 2 is 1.94 bits per heavy atom. The molecule has 0 bridgehead atoms. The number of nitrogens with zero attached hydrogens (tertiary/aromatic N) is 2. The second kappa shape index (κ2) is 6.45. The van der Waals surface area contributed by atoms with Crippen molar-refractivity contribution >= 4 is 24.4 Å². The first kappa shape index (κ1) is 13.7. The lowest BCUT2D eigenvalue weighted by atomic mass is 10.1. The largest absolute Gasteiger partial charge is 0.332 e. The third-order valence-corrected chi connectivity index (χ3v) is 4.15. The van der Waals surface area contributed by atoms with Gasteiger partial charge in [-0.1, -0.05) is 12.8 Å². The highest BCUT2D eigenvalue weighted by Crippen LogP contribution is 2.23. The molecule has 0 aromatic heterocycles. The van der Waals surface area contributed by atoms with Crippen molar-refractivity contribution in [2.75, 3.05) is 25.4 Å². The van der Waals surface area contributed by atoms with E-state index >= 15 is 0 Å². The molecular weight excluding hydrogens is 248 g/mol. The Morgan fingerprint density at radius 1 is 1.17 bits per heavy atom. The molecule has 1 atom stereocenters. The third-order valence-electron chi connectivity index (χ3n) is 3.83. The molecule has 102 valence electrons. The molecular formula is C13H22N2O2S. The average molecular weight is 270 g/mol. The summed E-state index contributed by atoms with van der Waals surface area (Å²) in [7, 11) is 0. The Bertz CT molecular complexity index is 322. The number of carbonyl (C=O) groups is 2. The lowest BCUT2D eigenvalue weighted by Crippen LogP contribution is -2.57. The number of amides is 2. The average Bonchev–Trinajstić information content (AvgIpc) is 2.84. The van der Waals surface area contributed by atoms with Crippen LogP contribution in [-0.4, -0.2) is 53.0 Å². The number of carbonyl (C=O) groups excluding carboxylic acids is 2. The van der Waals surface area contributed by atoms with Gasteiger partial charge in [0.1, 0.15) is 6.04 Å². The van der Waals surface area contributed by atoms with Crippen molar-refractivity contribution < 1.29 is 9.59 Å². The van der Waals surface area contributed by atoms with Crippen molar-refractivity contribution in [3.05, 3.63) is 0 Å². The highest BCUT2D eigenvalue weighted by atomic mass is 32.1. The zero-order valence-corrected chi connectivity index (χ0v) is 11.7. The summed E-state index contributed by atoms with van der Waals surface area (Å²) in [6, 6.07) is -0.149. The van der Waals surface area contributed by atoms with Crippen LogP contribution in [0.15, 0.2) is 0 Å². The maximum absolute atomic E-state index is 12.2. The smallest absolute Gasteiger partial charge is 0.245 e. The fraction of sp³-hybridized carbons (Fsp3) is 0.846. The Balaban J connectivity index is 1.78. The summed E-state index contributed by atoms with van der Waals surface area (Å²) in [5.74, 6) is 1.23. The molecule has 0 aromatic rings. The second-order valence-corrected chi connectivity index (χ2v) is 5.59. The van der Waals surface area contributed by atoms with Gasteiger partial charge in [-0.05, 0) is 31.4 Å². The molecule has 2 amide bonds. The first-order valence-corrected chi connectivity index (χ1v) is 7.56. The summed E-state index contributed by atoms with van der Waals surface area (Å²) >= 11 is 4.18. The van der Waals surface area contributed by atoms with Gasteiger partial charge < -0.3 is 9.80 Å². The van der Waals surface area contributed by atoms with Crippen molar-refractivity contribution in [3.8, 4) is 0 Å². The van der Waals surface area contributed by atoms with Gasteiger partial charge in [0.05, 0.1) is 6.54 Å². The molecule has 2 fully saturated rings. The quantitative estimate of drug-likeness (QED) is 0.584. The van der Waals surface area contributed by atoms with E-state index in [0.717, 1.165) is 57.4 Å². The van der Waals surface area contributed by atoms with Crippen LogP contribution in [0, 0.1) is 0 Å². The number of fused-ring (bicyclic) bond motifs is 1. The molecule has 0 aliphatic carbocycles. The van der Waals surface area contributed by atoms with E-state index in [1.807, 2.05) is 0 Å². The molecule has 5 heteroatoms. The number of piperazine rings is 1. The lowest BCUT2D eigenvalue weighted by molar-refractivity contribution is -0.153. The second-order valence-electron chi connectivity index (χ2n) is 5.14. The van der Waals surface area contributed by atoms with Gasteiger partial charge in [0.25, 0.3) is 0 Å². The topological polar surface area (TPSA) is 40.6 Å². The monoisotopic (exact) mass is 270 g/mol. The molecule has 2 heterocycles. The molecule has 2 rings (SSSR count). The SMILES string of the molecule is O=C1C2CCCN2C(=O)CN1CCCCCCS. The van der Waals surface area contributed by atoms with Crippen LogP contribution in [0.25, 0.3) is 0 Å². The summed E-state index contributed by atoms with van der Waals surface area (Å²) in [5, 5.41) is 0. The molecule has 2 saturated heterocycles. The Kier molecular flexibility index (Phi) is 4.92. The summed E-state index contributed by atoms with van der Waals surface area (Å²) in [4.78, 5) is 27.6. The molecule has 0 aromatic carbocycles. The van der Waals surface area contributed by atoms with Crippen molar-refractivity contribution in [1.29, 1.82) is 0 Å². The van der Waals surface area contributed by atoms with Crippen LogP contribution in [0.5, 0.6) is 0 Å². The van der Waals surface area contributed by atoms with Gasteiger partial charge in [0.15, 0.2) is 0 Å². The van der Waals surface area contributed by atoms with Crippen molar-refractivity contribution in [2.45, 2.75) is 44.6 Å². The van der Waals surface area contributed by atoms with E-state index in [-0.39, 0.29) is 17.9 Å². The van der Waals surface area contributed by atoms with Gasteiger partial charge in [0, 0.05) is 13.1 Å². The van der Waals surface area contributed by atoms with Crippen molar-refractivity contribution in [3.63, 3.8) is 0 Å². The van der Waals surface area contributed by atoms with E-state index in [9.17, 15) is 9.59 Å². The number of hydrogen-bond acceptors (Lipinski definition) is 3. The predicted octanol–water partition coefficient (Wildman–Crippen LogP) is 1.31. The Labute approximate surface area is 114 Å². The molecule has 1 unspecified atom stereocenters. The standard InChI is InChI=1S/C13H22N2O2S/c16-12-10-14(7-3-1-2-4-9-18)13(17)11-6-5-8-15(11)12/h11,18H,1-10H2. The number of hydrogen-bond donors (Lipinski definition) is 1. The van der Waals surface area contributed by atoms with Crippen LogP contribution < -0.4 is 0 Å².